The van der Waals surface area contributed by atoms with Gasteiger partial charge in [-0.2, -0.15) is 0 Å². The van der Waals surface area contributed by atoms with Crippen molar-refractivity contribution in [1.29, 1.82) is 0 Å². The Morgan fingerprint density at radius 3 is 2.53 bits per heavy atom. The molecule has 102 valence electrons. The summed E-state index contributed by atoms with van der Waals surface area (Å²) in [6.45, 7) is 14.2. The second-order valence-electron chi connectivity index (χ2n) is 5.98. The maximum atomic E-state index is 5.63. The number of hydrogen-bond acceptors (Lipinski definition) is 3. The quantitative estimate of drug-likeness (QED) is 0.739. The SMILES string of the molecule is CCNCC1(CN(C)C(C)C(C)C)CCOC1. The van der Waals surface area contributed by atoms with Crippen molar-refractivity contribution in [1.82, 2.24) is 10.2 Å². The molecule has 0 bridgehead atoms. The van der Waals surface area contributed by atoms with Gasteiger partial charge in [0, 0.05) is 31.2 Å². The largest absolute Gasteiger partial charge is 0.381 e. The smallest absolute Gasteiger partial charge is 0.0547 e. The summed E-state index contributed by atoms with van der Waals surface area (Å²) in [6.07, 6.45) is 1.19. The third-order valence-electron chi connectivity index (χ3n) is 4.18. The van der Waals surface area contributed by atoms with Gasteiger partial charge >= 0.3 is 0 Å². The number of nitrogens with one attached hydrogen (secondary N) is 1. The van der Waals surface area contributed by atoms with Gasteiger partial charge in [-0.15, -0.1) is 0 Å². The summed E-state index contributed by atoms with van der Waals surface area (Å²) in [5.41, 5.74) is 0.327. The van der Waals surface area contributed by atoms with Crippen molar-refractivity contribution in [2.45, 2.75) is 40.2 Å². The van der Waals surface area contributed by atoms with Crippen molar-refractivity contribution in [2.24, 2.45) is 11.3 Å². The Balaban J connectivity index is 2.54. The molecule has 0 aromatic heterocycles. The zero-order valence-electron chi connectivity index (χ0n) is 12.3. The van der Waals surface area contributed by atoms with Crippen LogP contribution >= 0.6 is 0 Å². The van der Waals surface area contributed by atoms with Gasteiger partial charge in [-0.05, 0) is 32.9 Å². The van der Waals surface area contributed by atoms with Gasteiger partial charge in [-0.1, -0.05) is 20.8 Å². The molecule has 0 amide bonds. The van der Waals surface area contributed by atoms with Crippen LogP contribution in [0.3, 0.4) is 0 Å². The van der Waals surface area contributed by atoms with Crippen LogP contribution in [0.1, 0.15) is 34.1 Å². The van der Waals surface area contributed by atoms with Gasteiger partial charge in [-0.3, -0.25) is 0 Å². The molecule has 1 aliphatic heterocycles. The zero-order chi connectivity index (χ0) is 12.9. The van der Waals surface area contributed by atoms with Crippen molar-refractivity contribution < 1.29 is 4.74 Å². The molecule has 0 aromatic rings. The van der Waals surface area contributed by atoms with E-state index < -0.39 is 0 Å². The molecule has 17 heavy (non-hydrogen) atoms. The first-order valence-corrected chi connectivity index (χ1v) is 6.99. The highest BCUT2D eigenvalue weighted by atomic mass is 16.5. The second kappa shape index (κ2) is 6.72. The van der Waals surface area contributed by atoms with Gasteiger partial charge < -0.3 is 15.0 Å². The summed E-state index contributed by atoms with van der Waals surface area (Å²) in [6, 6.07) is 0.633. The Labute approximate surface area is 107 Å². The highest BCUT2D eigenvalue weighted by molar-refractivity contribution is 4.89. The van der Waals surface area contributed by atoms with E-state index in [-0.39, 0.29) is 0 Å². The van der Waals surface area contributed by atoms with Crippen molar-refractivity contribution in [3.63, 3.8) is 0 Å². The summed E-state index contributed by atoms with van der Waals surface area (Å²) in [7, 11) is 2.25. The zero-order valence-corrected chi connectivity index (χ0v) is 12.3. The van der Waals surface area contributed by atoms with E-state index in [0.29, 0.717) is 17.4 Å². The van der Waals surface area contributed by atoms with Gasteiger partial charge in [-0.25, -0.2) is 0 Å². The molecule has 1 aliphatic rings. The van der Waals surface area contributed by atoms with E-state index in [0.717, 1.165) is 32.8 Å². The molecule has 0 spiro atoms. The van der Waals surface area contributed by atoms with E-state index >= 15 is 0 Å². The van der Waals surface area contributed by atoms with E-state index in [9.17, 15) is 0 Å². The minimum atomic E-state index is 0.327. The van der Waals surface area contributed by atoms with Crippen LogP contribution in [0.15, 0.2) is 0 Å². The van der Waals surface area contributed by atoms with E-state index in [4.69, 9.17) is 4.74 Å². The Kier molecular flexibility index (Phi) is 5.90. The van der Waals surface area contributed by atoms with Crippen LogP contribution in [0.5, 0.6) is 0 Å². The lowest BCUT2D eigenvalue weighted by molar-refractivity contribution is 0.0931. The first-order chi connectivity index (χ1) is 8.01. The van der Waals surface area contributed by atoms with Crippen LogP contribution in [-0.2, 0) is 4.74 Å². The van der Waals surface area contributed by atoms with Crippen LogP contribution in [0.4, 0.5) is 0 Å². The molecule has 2 unspecified atom stereocenters. The molecule has 3 heteroatoms. The Hall–Kier alpha value is -0.120. The third-order valence-corrected chi connectivity index (χ3v) is 4.18. The molecule has 2 atom stereocenters. The molecule has 1 saturated heterocycles. The average molecular weight is 242 g/mol. The lowest BCUT2D eigenvalue weighted by atomic mass is 9.85. The molecule has 0 aromatic carbocycles. The third kappa shape index (κ3) is 4.23. The first kappa shape index (κ1) is 14.9. The first-order valence-electron chi connectivity index (χ1n) is 6.99. The topological polar surface area (TPSA) is 24.5 Å². The fraction of sp³-hybridized carbons (Fsp3) is 1.00. The Morgan fingerprint density at radius 1 is 1.35 bits per heavy atom. The van der Waals surface area contributed by atoms with Gasteiger partial charge in [0.15, 0.2) is 0 Å². The van der Waals surface area contributed by atoms with Crippen LogP contribution < -0.4 is 5.32 Å². The molecule has 3 nitrogen and oxygen atoms in total. The maximum Gasteiger partial charge on any atom is 0.0547 e. The number of nitrogens with zero attached hydrogens (tertiary/aromatic N) is 1. The minimum Gasteiger partial charge on any atom is -0.381 e. The number of ether oxygens (including phenoxy) is 1. The highest BCUT2D eigenvalue weighted by Gasteiger charge is 2.36. The molecule has 1 heterocycles. The Morgan fingerprint density at radius 2 is 2.06 bits per heavy atom. The van der Waals surface area contributed by atoms with Crippen molar-refractivity contribution in [2.75, 3.05) is 39.9 Å². The molecule has 0 radical (unpaired) electrons. The summed E-state index contributed by atoms with van der Waals surface area (Å²) in [5, 5.41) is 3.50. The molecule has 1 rings (SSSR count). The summed E-state index contributed by atoms with van der Waals surface area (Å²) in [4.78, 5) is 2.50. The fourth-order valence-corrected chi connectivity index (χ4v) is 2.54. The fourth-order valence-electron chi connectivity index (χ4n) is 2.54. The molecule has 1 fully saturated rings. The van der Waals surface area contributed by atoms with Gasteiger partial charge in [0.2, 0.25) is 0 Å². The van der Waals surface area contributed by atoms with Gasteiger partial charge in [0.1, 0.15) is 0 Å². The molecule has 0 aliphatic carbocycles. The predicted molar refractivity (Wildman–Crippen MR) is 73.3 cm³/mol. The van der Waals surface area contributed by atoms with Crippen molar-refractivity contribution in [3.8, 4) is 0 Å². The molecular weight excluding hydrogens is 212 g/mol. The summed E-state index contributed by atoms with van der Waals surface area (Å²) in [5.74, 6) is 0.707. The maximum absolute atomic E-state index is 5.63. The van der Waals surface area contributed by atoms with E-state index in [1.165, 1.54) is 6.42 Å². The summed E-state index contributed by atoms with van der Waals surface area (Å²) < 4.78 is 5.63. The van der Waals surface area contributed by atoms with Gasteiger partial charge in [0.05, 0.1) is 6.61 Å². The highest BCUT2D eigenvalue weighted by Crippen LogP contribution is 2.29. The van der Waals surface area contributed by atoms with Crippen LogP contribution in [0.2, 0.25) is 0 Å². The predicted octanol–water partition coefficient (Wildman–Crippen LogP) is 1.98. The lowest BCUT2D eigenvalue weighted by Gasteiger charge is -2.37. The average Bonchev–Trinajstić information content (AvgIpc) is 2.74. The normalized spacial score (nSPS) is 27.0. The minimum absolute atomic E-state index is 0.327. The van der Waals surface area contributed by atoms with Crippen molar-refractivity contribution >= 4 is 0 Å². The van der Waals surface area contributed by atoms with E-state index in [1.54, 1.807) is 0 Å². The number of hydrogen-bond donors (Lipinski definition) is 1. The lowest BCUT2D eigenvalue weighted by Crippen LogP contribution is -2.47. The van der Waals surface area contributed by atoms with Crippen LogP contribution in [0.25, 0.3) is 0 Å². The number of rotatable bonds is 7. The van der Waals surface area contributed by atoms with E-state index in [2.05, 4.69) is 45.0 Å². The molecule has 0 saturated carbocycles. The standard InChI is InChI=1S/C14H30N2O/c1-6-15-9-14(7-8-17-11-14)10-16(5)13(4)12(2)3/h12-13,15H,6-11H2,1-5H3. The van der Waals surface area contributed by atoms with Crippen LogP contribution in [0, 0.1) is 11.3 Å². The van der Waals surface area contributed by atoms with Crippen molar-refractivity contribution in [3.05, 3.63) is 0 Å². The van der Waals surface area contributed by atoms with Crippen LogP contribution in [-0.4, -0.2) is 50.8 Å². The van der Waals surface area contributed by atoms with E-state index in [1.807, 2.05) is 0 Å². The monoisotopic (exact) mass is 242 g/mol. The molecule has 1 N–H and O–H groups in total. The van der Waals surface area contributed by atoms with Gasteiger partial charge in [0.25, 0.3) is 0 Å². The summed E-state index contributed by atoms with van der Waals surface area (Å²) >= 11 is 0. The second-order valence-corrected chi connectivity index (χ2v) is 5.98. The molecular formula is C14H30N2O. The Bertz CT molecular complexity index is 212.